The number of carbonyl (C=O) groups excluding carboxylic acids is 2. The quantitative estimate of drug-likeness (QED) is 0.821. The maximum atomic E-state index is 12.3. The summed E-state index contributed by atoms with van der Waals surface area (Å²) in [6, 6.07) is 7.25. The van der Waals surface area contributed by atoms with Gasteiger partial charge < -0.3 is 10.1 Å². The molecule has 1 aromatic carbocycles. The minimum absolute atomic E-state index is 0.167. The summed E-state index contributed by atoms with van der Waals surface area (Å²) in [7, 11) is -2.12. The number of benzene rings is 1. The number of methoxy groups -OCH3 is 1. The molecule has 6 nitrogen and oxygen atoms in total. The first-order chi connectivity index (χ1) is 11.3. The van der Waals surface area contributed by atoms with Gasteiger partial charge >= 0.3 is 5.97 Å². The van der Waals surface area contributed by atoms with E-state index in [9.17, 15) is 18.0 Å². The van der Waals surface area contributed by atoms with E-state index in [1.54, 1.807) is 25.3 Å². The number of thiophene rings is 1. The average molecular weight is 367 g/mol. The summed E-state index contributed by atoms with van der Waals surface area (Å²) in [6.07, 6.45) is 0. The zero-order valence-corrected chi connectivity index (χ0v) is 15.0. The first kappa shape index (κ1) is 18.2. The SMILES string of the molecule is COC(=O)c1ccsc1NC(=O)c1ccc(S(=O)(=O)C(C)C)cc1. The molecule has 0 aliphatic carbocycles. The highest BCUT2D eigenvalue weighted by Crippen LogP contribution is 2.25. The molecule has 1 amide bonds. The van der Waals surface area contributed by atoms with Crippen LogP contribution in [0.15, 0.2) is 40.6 Å². The molecular weight excluding hydrogens is 350 g/mol. The van der Waals surface area contributed by atoms with Crippen molar-refractivity contribution in [3.05, 3.63) is 46.8 Å². The van der Waals surface area contributed by atoms with Crippen molar-refractivity contribution in [2.24, 2.45) is 0 Å². The Morgan fingerprint density at radius 2 is 1.75 bits per heavy atom. The lowest BCUT2D eigenvalue weighted by atomic mass is 10.2. The highest BCUT2D eigenvalue weighted by Gasteiger charge is 2.20. The lowest BCUT2D eigenvalue weighted by Crippen LogP contribution is -2.16. The van der Waals surface area contributed by atoms with Crippen LogP contribution in [0.25, 0.3) is 0 Å². The van der Waals surface area contributed by atoms with Gasteiger partial charge in [0.1, 0.15) is 5.00 Å². The van der Waals surface area contributed by atoms with E-state index >= 15 is 0 Å². The van der Waals surface area contributed by atoms with Crippen LogP contribution in [0, 0.1) is 0 Å². The van der Waals surface area contributed by atoms with Gasteiger partial charge in [0.05, 0.1) is 22.8 Å². The molecule has 0 radical (unpaired) electrons. The zero-order chi connectivity index (χ0) is 17.9. The van der Waals surface area contributed by atoms with Crippen LogP contribution in [0.3, 0.4) is 0 Å². The highest BCUT2D eigenvalue weighted by molar-refractivity contribution is 7.92. The third kappa shape index (κ3) is 3.65. The summed E-state index contributed by atoms with van der Waals surface area (Å²) in [4.78, 5) is 24.0. The average Bonchev–Trinajstić information content (AvgIpc) is 3.02. The molecule has 0 bridgehead atoms. The van der Waals surface area contributed by atoms with Gasteiger partial charge in [0, 0.05) is 5.56 Å². The Hall–Kier alpha value is -2.19. The normalized spacial score (nSPS) is 11.3. The molecular formula is C16H17NO5S2. The Balaban J connectivity index is 2.20. The standard InChI is InChI=1S/C16H17NO5S2/c1-10(2)24(20,21)12-6-4-11(5-7-12)14(18)17-15-13(8-9-23-15)16(19)22-3/h4-10H,1-3H3,(H,17,18). The van der Waals surface area contributed by atoms with Crippen molar-refractivity contribution >= 4 is 38.1 Å². The molecule has 0 saturated heterocycles. The van der Waals surface area contributed by atoms with E-state index in [-0.39, 0.29) is 10.5 Å². The van der Waals surface area contributed by atoms with Gasteiger partial charge in [-0.1, -0.05) is 0 Å². The van der Waals surface area contributed by atoms with E-state index in [2.05, 4.69) is 10.1 Å². The van der Waals surface area contributed by atoms with Gasteiger partial charge in [0.2, 0.25) is 0 Å². The summed E-state index contributed by atoms with van der Waals surface area (Å²) in [6.45, 7) is 3.20. The fourth-order valence-corrected chi connectivity index (χ4v) is 3.75. The van der Waals surface area contributed by atoms with Crippen molar-refractivity contribution in [3.8, 4) is 0 Å². The molecule has 0 spiro atoms. The number of ether oxygens (including phenoxy) is 1. The molecule has 1 N–H and O–H groups in total. The minimum atomic E-state index is -3.38. The van der Waals surface area contributed by atoms with E-state index in [0.717, 1.165) is 0 Å². The number of rotatable bonds is 5. The molecule has 1 heterocycles. The molecule has 2 aromatic rings. The maximum absolute atomic E-state index is 12.3. The largest absolute Gasteiger partial charge is 0.465 e. The van der Waals surface area contributed by atoms with Crippen molar-refractivity contribution in [3.63, 3.8) is 0 Å². The van der Waals surface area contributed by atoms with E-state index < -0.39 is 27.0 Å². The van der Waals surface area contributed by atoms with Gasteiger partial charge in [0.25, 0.3) is 5.91 Å². The van der Waals surface area contributed by atoms with E-state index in [0.29, 0.717) is 10.6 Å². The van der Waals surface area contributed by atoms with Gasteiger partial charge in [0.15, 0.2) is 9.84 Å². The monoisotopic (exact) mass is 367 g/mol. The molecule has 1 aromatic heterocycles. The van der Waals surface area contributed by atoms with Crippen molar-refractivity contribution in [1.82, 2.24) is 0 Å². The number of amides is 1. The minimum Gasteiger partial charge on any atom is -0.465 e. The number of nitrogens with one attached hydrogen (secondary N) is 1. The summed E-state index contributed by atoms with van der Waals surface area (Å²) in [5.41, 5.74) is 0.566. The van der Waals surface area contributed by atoms with Crippen LogP contribution in [0.1, 0.15) is 34.6 Å². The molecule has 0 unspecified atom stereocenters. The molecule has 24 heavy (non-hydrogen) atoms. The van der Waals surface area contributed by atoms with Gasteiger partial charge in [-0.25, -0.2) is 13.2 Å². The predicted molar refractivity (Wildman–Crippen MR) is 92.4 cm³/mol. The lowest BCUT2D eigenvalue weighted by molar-refractivity contribution is 0.0602. The third-order valence-electron chi connectivity index (χ3n) is 3.36. The molecule has 0 aliphatic rings. The van der Waals surface area contributed by atoms with Crippen LogP contribution in [0.2, 0.25) is 0 Å². The van der Waals surface area contributed by atoms with E-state index in [1.165, 1.54) is 42.7 Å². The summed E-state index contributed by atoms with van der Waals surface area (Å²) < 4.78 is 28.8. The van der Waals surface area contributed by atoms with Crippen LogP contribution in [-0.4, -0.2) is 32.7 Å². The number of hydrogen-bond acceptors (Lipinski definition) is 6. The summed E-state index contributed by atoms with van der Waals surface area (Å²) in [5, 5.41) is 4.14. The zero-order valence-electron chi connectivity index (χ0n) is 13.4. The second-order valence-electron chi connectivity index (χ2n) is 5.23. The highest BCUT2D eigenvalue weighted by atomic mass is 32.2. The van der Waals surface area contributed by atoms with Gasteiger partial charge in [-0.3, -0.25) is 4.79 Å². The second-order valence-corrected chi connectivity index (χ2v) is 8.65. The fourth-order valence-electron chi connectivity index (χ4n) is 1.92. The maximum Gasteiger partial charge on any atom is 0.340 e. The number of sulfone groups is 1. The predicted octanol–water partition coefficient (Wildman–Crippen LogP) is 2.97. The number of hydrogen-bond donors (Lipinski definition) is 1. The van der Waals surface area contributed by atoms with Crippen LogP contribution < -0.4 is 5.32 Å². The Kier molecular flexibility index (Phi) is 5.40. The topological polar surface area (TPSA) is 89.5 Å². The lowest BCUT2D eigenvalue weighted by Gasteiger charge is -2.09. The molecule has 0 fully saturated rings. The summed E-state index contributed by atoms with van der Waals surface area (Å²) in [5.74, 6) is -0.971. The molecule has 2 rings (SSSR count). The van der Waals surface area contributed by atoms with Crippen LogP contribution in [-0.2, 0) is 14.6 Å². The van der Waals surface area contributed by atoms with Gasteiger partial charge in [-0.05, 0) is 49.6 Å². The second kappa shape index (κ2) is 7.14. The third-order valence-corrected chi connectivity index (χ3v) is 6.36. The molecule has 0 atom stereocenters. The first-order valence-electron chi connectivity index (χ1n) is 7.08. The summed E-state index contributed by atoms with van der Waals surface area (Å²) >= 11 is 1.20. The molecule has 8 heteroatoms. The van der Waals surface area contributed by atoms with Gasteiger partial charge in [-0.2, -0.15) is 0 Å². The molecule has 0 saturated carbocycles. The van der Waals surface area contributed by atoms with Crippen molar-refractivity contribution in [2.45, 2.75) is 24.0 Å². The van der Waals surface area contributed by atoms with Crippen molar-refractivity contribution in [2.75, 3.05) is 12.4 Å². The molecule has 128 valence electrons. The first-order valence-corrected chi connectivity index (χ1v) is 9.51. The van der Waals surface area contributed by atoms with Crippen LogP contribution in [0.4, 0.5) is 5.00 Å². The smallest absolute Gasteiger partial charge is 0.340 e. The van der Waals surface area contributed by atoms with E-state index in [4.69, 9.17) is 0 Å². The van der Waals surface area contributed by atoms with Crippen molar-refractivity contribution < 1.29 is 22.7 Å². The fraction of sp³-hybridized carbons (Fsp3) is 0.250. The van der Waals surface area contributed by atoms with Crippen LogP contribution >= 0.6 is 11.3 Å². The van der Waals surface area contributed by atoms with Crippen molar-refractivity contribution in [1.29, 1.82) is 0 Å². The number of carbonyl (C=O) groups is 2. The van der Waals surface area contributed by atoms with Crippen LogP contribution in [0.5, 0.6) is 0 Å². The Morgan fingerprint density at radius 3 is 2.29 bits per heavy atom. The molecule has 0 aliphatic heterocycles. The Bertz CT molecular complexity index is 851. The Labute approximate surface area is 144 Å². The number of esters is 1. The van der Waals surface area contributed by atoms with E-state index in [1.807, 2.05) is 0 Å². The Morgan fingerprint density at radius 1 is 1.12 bits per heavy atom. The van der Waals surface area contributed by atoms with Gasteiger partial charge in [-0.15, -0.1) is 11.3 Å². The number of anilines is 1.